The number of carboxylic acid groups (broad SMARTS) is 1. The summed E-state index contributed by atoms with van der Waals surface area (Å²) >= 11 is 0. The van der Waals surface area contributed by atoms with E-state index in [1.807, 2.05) is 0 Å². The van der Waals surface area contributed by atoms with Crippen LogP contribution >= 0.6 is 0 Å². The minimum absolute atomic E-state index is 0.115. The summed E-state index contributed by atoms with van der Waals surface area (Å²) in [6.07, 6.45) is 2.33. The van der Waals surface area contributed by atoms with Crippen LogP contribution in [0.1, 0.15) is 52.0 Å². The summed E-state index contributed by atoms with van der Waals surface area (Å²) in [6.45, 7) is 6.19. The van der Waals surface area contributed by atoms with E-state index in [1.165, 1.54) is 12.1 Å². The fourth-order valence-electron chi connectivity index (χ4n) is 3.99. The summed E-state index contributed by atoms with van der Waals surface area (Å²) in [5, 5.41) is 11.5. The molecule has 0 aliphatic heterocycles. The van der Waals surface area contributed by atoms with Gasteiger partial charge in [-0.25, -0.2) is 10.2 Å². The van der Waals surface area contributed by atoms with Crippen LogP contribution in [0.2, 0.25) is 0 Å². The van der Waals surface area contributed by atoms with Crippen molar-refractivity contribution in [2.45, 2.75) is 51.9 Å². The standard InChI is InChI=1S/C19H26FN3O4/c1-18(2,3)19(8-6-11(7-9-19)17(26)27)12-4-5-14(13(20)10-12)22-15(24)16(25)23-21/h4-5,10-11H,6-9,21H2,1-3H3,(H,22,24)(H,23,25)(H,26,27)/t11-,19+. The Morgan fingerprint density at radius 2 is 1.78 bits per heavy atom. The Balaban J connectivity index is 2.33. The van der Waals surface area contributed by atoms with Gasteiger partial charge in [-0.1, -0.05) is 26.8 Å². The van der Waals surface area contributed by atoms with Crippen molar-refractivity contribution in [2.75, 3.05) is 5.32 Å². The zero-order valence-electron chi connectivity index (χ0n) is 15.8. The molecule has 0 saturated heterocycles. The molecule has 27 heavy (non-hydrogen) atoms. The van der Waals surface area contributed by atoms with Gasteiger partial charge >= 0.3 is 17.8 Å². The number of aliphatic carboxylic acids is 1. The predicted octanol–water partition coefficient (Wildman–Crippen LogP) is 2.31. The van der Waals surface area contributed by atoms with Crippen LogP contribution in [0.4, 0.5) is 10.1 Å². The van der Waals surface area contributed by atoms with E-state index in [2.05, 4.69) is 26.1 Å². The number of anilines is 1. The van der Waals surface area contributed by atoms with Gasteiger partial charge in [0.05, 0.1) is 11.6 Å². The molecule has 7 nitrogen and oxygen atoms in total. The van der Waals surface area contributed by atoms with Crippen LogP contribution < -0.4 is 16.6 Å². The first-order valence-corrected chi connectivity index (χ1v) is 8.86. The van der Waals surface area contributed by atoms with Crippen LogP contribution in [0.3, 0.4) is 0 Å². The number of amides is 2. The Kier molecular flexibility index (Phi) is 5.89. The predicted molar refractivity (Wildman–Crippen MR) is 98.1 cm³/mol. The zero-order chi connectivity index (χ0) is 20.4. The van der Waals surface area contributed by atoms with Crippen molar-refractivity contribution in [3.8, 4) is 0 Å². The first kappa shape index (κ1) is 20.8. The van der Waals surface area contributed by atoms with Crippen LogP contribution in [0, 0.1) is 17.2 Å². The van der Waals surface area contributed by atoms with E-state index in [9.17, 15) is 23.9 Å². The number of halogens is 1. The maximum absolute atomic E-state index is 14.6. The molecule has 5 N–H and O–H groups in total. The van der Waals surface area contributed by atoms with E-state index in [4.69, 9.17) is 5.84 Å². The zero-order valence-corrected chi connectivity index (χ0v) is 15.8. The third-order valence-electron chi connectivity index (χ3n) is 5.73. The van der Waals surface area contributed by atoms with Crippen molar-refractivity contribution >= 4 is 23.5 Å². The SMILES string of the molecule is CC(C)(C)[C@]1(c2ccc(NC(=O)C(=O)NN)c(F)c2)CC[C@H](C(=O)O)CC1. The fourth-order valence-corrected chi connectivity index (χ4v) is 3.99. The second kappa shape index (κ2) is 7.64. The van der Waals surface area contributed by atoms with Crippen LogP contribution in [-0.4, -0.2) is 22.9 Å². The summed E-state index contributed by atoms with van der Waals surface area (Å²) < 4.78 is 14.6. The molecule has 0 spiro atoms. The van der Waals surface area contributed by atoms with E-state index < -0.39 is 23.6 Å². The Morgan fingerprint density at radius 3 is 2.22 bits per heavy atom. The second-order valence-electron chi connectivity index (χ2n) is 8.07. The average molecular weight is 379 g/mol. The van der Waals surface area contributed by atoms with Gasteiger partial charge in [0.25, 0.3) is 0 Å². The van der Waals surface area contributed by atoms with Gasteiger partial charge in [0, 0.05) is 5.41 Å². The summed E-state index contributed by atoms with van der Waals surface area (Å²) in [5.74, 6) is 0.931. The molecule has 1 aromatic rings. The highest BCUT2D eigenvalue weighted by Crippen LogP contribution is 2.52. The molecule has 0 atom stereocenters. The topological polar surface area (TPSA) is 122 Å². The largest absolute Gasteiger partial charge is 0.481 e. The molecule has 2 amide bonds. The number of carbonyl (C=O) groups excluding carboxylic acids is 2. The van der Waals surface area contributed by atoms with Crippen LogP contribution in [0.15, 0.2) is 18.2 Å². The molecule has 148 valence electrons. The molecule has 8 heteroatoms. The first-order chi connectivity index (χ1) is 12.5. The van der Waals surface area contributed by atoms with Crippen LogP contribution in [0.25, 0.3) is 0 Å². The lowest BCUT2D eigenvalue weighted by atomic mass is 9.55. The number of rotatable bonds is 3. The number of hydrogen-bond donors (Lipinski definition) is 4. The van der Waals surface area contributed by atoms with Crippen molar-refractivity contribution in [3.05, 3.63) is 29.6 Å². The lowest BCUT2D eigenvalue weighted by Crippen LogP contribution is -2.44. The van der Waals surface area contributed by atoms with Gasteiger partial charge in [0.2, 0.25) is 0 Å². The average Bonchev–Trinajstić information content (AvgIpc) is 2.61. The highest BCUT2D eigenvalue weighted by molar-refractivity contribution is 6.39. The van der Waals surface area contributed by atoms with Gasteiger partial charge in [-0.2, -0.15) is 0 Å². The monoisotopic (exact) mass is 379 g/mol. The lowest BCUT2D eigenvalue weighted by Gasteiger charge is -2.49. The molecule has 1 saturated carbocycles. The highest BCUT2D eigenvalue weighted by atomic mass is 19.1. The van der Waals surface area contributed by atoms with E-state index in [1.54, 1.807) is 11.5 Å². The number of hydrogen-bond acceptors (Lipinski definition) is 4. The minimum Gasteiger partial charge on any atom is -0.481 e. The Labute approximate surface area is 157 Å². The quantitative estimate of drug-likeness (QED) is 0.278. The number of benzene rings is 1. The molecule has 0 heterocycles. The molecule has 1 fully saturated rings. The molecule has 0 radical (unpaired) electrons. The molecule has 0 bridgehead atoms. The highest BCUT2D eigenvalue weighted by Gasteiger charge is 2.46. The molecule has 0 unspecified atom stereocenters. The number of nitrogens with one attached hydrogen (secondary N) is 2. The van der Waals surface area contributed by atoms with Gasteiger partial charge in [-0.3, -0.25) is 19.8 Å². The molecule has 2 rings (SSSR count). The van der Waals surface area contributed by atoms with Crippen molar-refractivity contribution in [2.24, 2.45) is 17.2 Å². The van der Waals surface area contributed by atoms with Gasteiger partial charge in [-0.05, 0) is 48.8 Å². The molecular formula is C19H26FN3O4. The van der Waals surface area contributed by atoms with Gasteiger partial charge in [0.15, 0.2) is 0 Å². The Hall–Kier alpha value is -2.48. The van der Waals surface area contributed by atoms with E-state index in [-0.39, 0.29) is 22.4 Å². The van der Waals surface area contributed by atoms with Crippen LogP contribution in [-0.2, 0) is 19.8 Å². The van der Waals surface area contributed by atoms with Gasteiger partial charge in [-0.15, -0.1) is 0 Å². The summed E-state index contributed by atoms with van der Waals surface area (Å²) in [6, 6.07) is 4.51. The number of carboxylic acids is 1. The molecule has 1 aliphatic rings. The van der Waals surface area contributed by atoms with Gasteiger partial charge in [0.1, 0.15) is 5.82 Å². The maximum Gasteiger partial charge on any atom is 0.323 e. The first-order valence-electron chi connectivity index (χ1n) is 8.86. The van der Waals surface area contributed by atoms with Crippen LogP contribution in [0.5, 0.6) is 0 Å². The minimum atomic E-state index is -1.07. The van der Waals surface area contributed by atoms with E-state index in [0.717, 1.165) is 5.56 Å². The van der Waals surface area contributed by atoms with Crippen molar-refractivity contribution in [3.63, 3.8) is 0 Å². The summed E-state index contributed by atoms with van der Waals surface area (Å²) in [7, 11) is 0. The third kappa shape index (κ3) is 4.10. The van der Waals surface area contributed by atoms with Crippen molar-refractivity contribution < 1.29 is 23.9 Å². The molecule has 1 aromatic carbocycles. The van der Waals surface area contributed by atoms with E-state index in [0.29, 0.717) is 25.7 Å². The lowest BCUT2D eigenvalue weighted by molar-refractivity contribution is -0.143. The maximum atomic E-state index is 14.6. The van der Waals surface area contributed by atoms with Gasteiger partial charge < -0.3 is 10.4 Å². The number of nitrogens with two attached hydrogens (primary N) is 1. The second-order valence-corrected chi connectivity index (χ2v) is 8.07. The summed E-state index contributed by atoms with van der Waals surface area (Å²) in [5.41, 5.74) is 1.74. The normalized spacial score (nSPS) is 22.8. The smallest absolute Gasteiger partial charge is 0.323 e. The molecular weight excluding hydrogens is 353 g/mol. The summed E-state index contributed by atoms with van der Waals surface area (Å²) in [4.78, 5) is 34.1. The van der Waals surface area contributed by atoms with E-state index >= 15 is 0 Å². The van der Waals surface area contributed by atoms with Crippen molar-refractivity contribution in [1.29, 1.82) is 0 Å². The number of carbonyl (C=O) groups is 3. The Bertz CT molecular complexity index is 750. The number of hydrazine groups is 1. The molecule has 1 aliphatic carbocycles. The fraction of sp³-hybridized carbons (Fsp3) is 0.526. The third-order valence-corrected chi connectivity index (χ3v) is 5.73. The Morgan fingerprint density at radius 1 is 1.19 bits per heavy atom. The van der Waals surface area contributed by atoms with Crippen molar-refractivity contribution in [1.82, 2.24) is 5.43 Å². The molecule has 0 aromatic heterocycles.